The van der Waals surface area contributed by atoms with Crippen LogP contribution in [-0.2, 0) is 0 Å². The second-order valence-electron chi connectivity index (χ2n) is 7.40. The maximum absolute atomic E-state index is 4.68. The molecule has 0 aliphatic rings. The molecule has 0 aromatic heterocycles. The summed E-state index contributed by atoms with van der Waals surface area (Å²) in [6, 6.07) is 0. The van der Waals surface area contributed by atoms with Crippen LogP contribution in [0.15, 0.2) is 31.4 Å². The van der Waals surface area contributed by atoms with Crippen LogP contribution in [0.25, 0.3) is 0 Å². The topological polar surface area (TPSA) is 15.6 Å². The van der Waals surface area contributed by atoms with Gasteiger partial charge in [-0.15, -0.1) is 26.3 Å². The maximum Gasteiger partial charge on any atom is 0.0380 e. The Kier molecular flexibility index (Phi) is 66.0. The lowest BCUT2D eigenvalue weighted by Gasteiger charge is -2.18. The quantitative estimate of drug-likeness (QED) is 0.0999. The van der Waals surface area contributed by atoms with Crippen molar-refractivity contribution in [1.82, 2.24) is 5.01 Å². The molecule has 31 heavy (non-hydrogen) atoms. The Morgan fingerprint density at radius 3 is 1.19 bits per heavy atom. The molecule has 0 radical (unpaired) electrons. The smallest absolute Gasteiger partial charge is 0.0380 e. The minimum absolute atomic E-state index is 0. The van der Waals surface area contributed by atoms with Crippen LogP contribution in [0, 0.1) is 5.92 Å². The van der Waals surface area contributed by atoms with Gasteiger partial charge in [0.1, 0.15) is 0 Å². The summed E-state index contributed by atoms with van der Waals surface area (Å²) in [6.07, 6.45) is 19.4. The highest BCUT2D eigenvalue weighted by molar-refractivity contribution is 5.84. The normalized spacial score (nSPS) is 9.29. The van der Waals surface area contributed by atoms with Crippen LogP contribution in [-0.4, -0.2) is 24.8 Å². The Balaban J connectivity index is -0.000000135. The third-order valence-electron chi connectivity index (χ3n) is 4.76. The predicted molar refractivity (Wildman–Crippen MR) is 156 cm³/mol. The molecular weight excluding hydrogens is 376 g/mol. The summed E-state index contributed by atoms with van der Waals surface area (Å²) in [5.74, 6) is 0.703. The zero-order valence-corrected chi connectivity index (χ0v) is 19.7. The minimum atomic E-state index is 0. The summed E-state index contributed by atoms with van der Waals surface area (Å²) in [4.78, 5) is 0. The molecule has 0 aromatic rings. The van der Waals surface area contributed by atoms with E-state index in [1.807, 2.05) is 19.1 Å². The van der Waals surface area contributed by atoms with Gasteiger partial charge in [0.2, 0.25) is 0 Å². The van der Waals surface area contributed by atoms with E-state index in [-0.39, 0.29) is 29.7 Å². The molecule has 0 rings (SSSR count). The van der Waals surface area contributed by atoms with E-state index in [1.165, 1.54) is 95.6 Å². The number of hydrogen-bond acceptors (Lipinski definition) is 2. The fourth-order valence-electron chi connectivity index (χ4n) is 3.30. The lowest BCUT2D eigenvalue weighted by atomic mass is 9.91. The van der Waals surface area contributed by atoms with Crippen molar-refractivity contribution in [2.45, 2.75) is 140 Å². The number of nitrogens with zero attached hydrogens (tertiary/aromatic N) is 2. The largest absolute Gasteiger partial charge is 0.303 e. The van der Waals surface area contributed by atoms with E-state index in [0.717, 1.165) is 0 Å². The molecule has 2 nitrogen and oxygen atoms in total. The highest BCUT2D eigenvalue weighted by Crippen LogP contribution is 2.21. The van der Waals surface area contributed by atoms with Crippen molar-refractivity contribution in [2.24, 2.45) is 11.0 Å². The van der Waals surface area contributed by atoms with Gasteiger partial charge in [-0.3, -0.25) is 0 Å². The molecule has 194 valence electrons. The average Bonchev–Trinajstić information content (AvgIpc) is 2.68. The van der Waals surface area contributed by atoms with Crippen LogP contribution in [0.5, 0.6) is 0 Å². The van der Waals surface area contributed by atoms with Crippen LogP contribution in [0.1, 0.15) is 140 Å². The summed E-state index contributed by atoms with van der Waals surface area (Å²) in [5, 5.41) is 6.65. The second-order valence-corrected chi connectivity index (χ2v) is 7.40. The Bertz CT molecular complexity index is 279. The lowest BCUT2D eigenvalue weighted by molar-refractivity contribution is 0.421. The lowest BCUT2D eigenvalue weighted by Crippen LogP contribution is -2.16. The number of rotatable bonds is 16. The number of hydrazone groups is 1. The van der Waals surface area contributed by atoms with Crippen molar-refractivity contribution in [3.63, 3.8) is 0 Å². The van der Waals surface area contributed by atoms with E-state index in [4.69, 9.17) is 0 Å². The number of hydrogen-bond donors (Lipinski definition) is 0. The van der Waals surface area contributed by atoms with Crippen molar-refractivity contribution in [1.29, 1.82) is 0 Å². The molecule has 0 saturated carbocycles. The fraction of sp³-hybridized carbons (Fsp3) is 0.828. The summed E-state index contributed by atoms with van der Waals surface area (Å²) in [5.41, 5.74) is 1.34. The average molecular weight is 445 g/mol. The van der Waals surface area contributed by atoms with E-state index in [2.05, 4.69) is 52.2 Å². The minimum Gasteiger partial charge on any atom is -0.303 e. The molecular formula is C29H68N2. The van der Waals surface area contributed by atoms with Gasteiger partial charge >= 0.3 is 0 Å². The van der Waals surface area contributed by atoms with Crippen LogP contribution in [0.2, 0.25) is 0 Å². The van der Waals surface area contributed by atoms with Gasteiger partial charge in [-0.2, -0.15) is 5.10 Å². The Hall–Kier alpha value is -1.05. The first kappa shape index (κ1) is 47.7. The van der Waals surface area contributed by atoms with Crippen LogP contribution >= 0.6 is 0 Å². The zero-order valence-electron chi connectivity index (χ0n) is 19.7. The molecule has 0 unspecified atom stereocenters. The third kappa shape index (κ3) is 39.9. The molecule has 0 heterocycles. The van der Waals surface area contributed by atoms with Gasteiger partial charge in [0.15, 0.2) is 0 Å². The summed E-state index contributed by atoms with van der Waals surface area (Å²) < 4.78 is 0. The molecule has 0 aliphatic heterocycles. The predicted octanol–water partition coefficient (Wildman–Crippen LogP) is 11.2. The van der Waals surface area contributed by atoms with Crippen molar-refractivity contribution >= 4 is 5.71 Å². The molecule has 0 aromatic carbocycles. The molecule has 0 spiro atoms. The zero-order chi connectivity index (χ0) is 21.3. The van der Waals surface area contributed by atoms with Gasteiger partial charge in [0, 0.05) is 19.8 Å². The fourth-order valence-corrected chi connectivity index (χ4v) is 3.30. The van der Waals surface area contributed by atoms with Crippen LogP contribution in [0.3, 0.4) is 0 Å². The number of unbranched alkanes of at least 4 members (excludes halogenated alkanes) is 10. The standard InChI is InChI=1S/C21H44N2.2C2H4.4CH4/c1-6-8-10-12-14-16-18-21(20(3)22-23(4)5)19-17-15-13-11-9-7-2;2*1-2;;;;/h21H,6-19H2,1-5H3;2*1-2H2;4*1H4/b22-20+;;;;;;. The van der Waals surface area contributed by atoms with Gasteiger partial charge < -0.3 is 5.01 Å². The first-order valence-electron chi connectivity index (χ1n) is 11.3. The van der Waals surface area contributed by atoms with Crippen LogP contribution in [0.4, 0.5) is 0 Å². The van der Waals surface area contributed by atoms with Gasteiger partial charge in [-0.05, 0) is 25.7 Å². The van der Waals surface area contributed by atoms with Gasteiger partial charge in [-0.1, -0.05) is 121 Å². The molecule has 0 fully saturated rings. The Morgan fingerprint density at radius 1 is 0.613 bits per heavy atom. The molecule has 2 heteroatoms. The van der Waals surface area contributed by atoms with E-state index in [9.17, 15) is 0 Å². The molecule has 0 aliphatic carbocycles. The van der Waals surface area contributed by atoms with Crippen LogP contribution < -0.4 is 0 Å². The monoisotopic (exact) mass is 445 g/mol. The summed E-state index contributed by atoms with van der Waals surface area (Å²) in [7, 11) is 4.08. The van der Waals surface area contributed by atoms with E-state index < -0.39 is 0 Å². The second kappa shape index (κ2) is 42.9. The van der Waals surface area contributed by atoms with Crippen molar-refractivity contribution in [3.05, 3.63) is 26.3 Å². The van der Waals surface area contributed by atoms with Crippen molar-refractivity contribution in [3.8, 4) is 0 Å². The Labute approximate surface area is 202 Å². The third-order valence-corrected chi connectivity index (χ3v) is 4.76. The summed E-state index contributed by atoms with van der Waals surface area (Å²) >= 11 is 0. The van der Waals surface area contributed by atoms with Gasteiger partial charge in [-0.25, -0.2) is 0 Å². The van der Waals surface area contributed by atoms with Crippen molar-refractivity contribution in [2.75, 3.05) is 14.1 Å². The van der Waals surface area contributed by atoms with E-state index >= 15 is 0 Å². The highest BCUT2D eigenvalue weighted by Gasteiger charge is 2.12. The SMILES string of the molecule is C.C.C.C.C=C.C=C.CCCCCCCCC(CCCCCCCC)/C(C)=N/N(C)C. The first-order chi connectivity index (χ1) is 13.1. The Morgan fingerprint density at radius 2 is 0.903 bits per heavy atom. The molecule has 0 amide bonds. The van der Waals surface area contributed by atoms with Gasteiger partial charge in [0.05, 0.1) is 0 Å². The van der Waals surface area contributed by atoms with E-state index in [1.54, 1.807) is 0 Å². The maximum atomic E-state index is 4.68. The molecule has 0 N–H and O–H groups in total. The highest BCUT2D eigenvalue weighted by atomic mass is 15.4. The van der Waals surface area contributed by atoms with E-state index in [0.29, 0.717) is 5.92 Å². The van der Waals surface area contributed by atoms with Crippen molar-refractivity contribution < 1.29 is 0 Å². The molecule has 0 atom stereocenters. The molecule has 0 saturated heterocycles. The first-order valence-corrected chi connectivity index (χ1v) is 11.3. The molecule has 0 bridgehead atoms. The van der Waals surface area contributed by atoms with Gasteiger partial charge in [0.25, 0.3) is 0 Å². The summed E-state index contributed by atoms with van der Waals surface area (Å²) in [6.45, 7) is 18.8.